The summed E-state index contributed by atoms with van der Waals surface area (Å²) < 4.78 is 27.7. The number of aliphatic hydroxyl groups excluding tert-OH is 1. The summed E-state index contributed by atoms with van der Waals surface area (Å²) >= 11 is 6.14. The summed E-state index contributed by atoms with van der Waals surface area (Å²) in [6.45, 7) is 0.0334. The van der Waals surface area contributed by atoms with E-state index in [1.807, 2.05) is 6.07 Å². The molecule has 7 heteroatoms. The van der Waals surface area contributed by atoms with Crippen LogP contribution in [0.15, 0.2) is 48.8 Å². The lowest BCUT2D eigenvalue weighted by molar-refractivity contribution is 0.151. The first kappa shape index (κ1) is 15.6. The highest BCUT2D eigenvalue weighted by molar-refractivity contribution is 6.33. The quantitative estimate of drug-likeness (QED) is 0.792. The Morgan fingerprint density at radius 1 is 1.13 bits per heavy atom. The van der Waals surface area contributed by atoms with Gasteiger partial charge in [0.25, 0.3) is 0 Å². The van der Waals surface area contributed by atoms with Crippen LogP contribution in [0.5, 0.6) is 0 Å². The van der Waals surface area contributed by atoms with Gasteiger partial charge in [-0.05, 0) is 29.8 Å². The Hall–Kier alpha value is -2.31. The van der Waals surface area contributed by atoms with Crippen molar-refractivity contribution < 1.29 is 13.9 Å². The molecule has 0 bridgehead atoms. The average Bonchev–Trinajstić information content (AvgIpc) is 2.98. The third kappa shape index (κ3) is 3.23. The number of halogens is 3. The van der Waals surface area contributed by atoms with E-state index in [1.54, 1.807) is 18.2 Å². The minimum Gasteiger partial charge on any atom is -0.386 e. The Morgan fingerprint density at radius 3 is 2.65 bits per heavy atom. The van der Waals surface area contributed by atoms with Crippen molar-refractivity contribution in [1.82, 2.24) is 14.8 Å². The molecule has 0 amide bonds. The van der Waals surface area contributed by atoms with Crippen LogP contribution in [-0.2, 0) is 6.54 Å². The zero-order valence-electron chi connectivity index (χ0n) is 11.8. The molecule has 1 atom stereocenters. The first-order chi connectivity index (χ1) is 11.1. The fraction of sp³-hybridized carbons (Fsp3) is 0.125. The molecule has 1 N–H and O–H groups in total. The van der Waals surface area contributed by atoms with Crippen molar-refractivity contribution in [1.29, 1.82) is 0 Å². The van der Waals surface area contributed by atoms with Gasteiger partial charge >= 0.3 is 0 Å². The van der Waals surface area contributed by atoms with Crippen molar-refractivity contribution in [2.45, 2.75) is 12.6 Å². The summed E-state index contributed by atoms with van der Waals surface area (Å²) in [6, 6.07) is 10.4. The molecular formula is C16H12ClF2N3O. The number of nitrogens with zero attached hydrogens (tertiary/aromatic N) is 3. The average molecular weight is 336 g/mol. The highest BCUT2D eigenvalue weighted by Crippen LogP contribution is 2.27. The molecule has 3 rings (SSSR count). The summed E-state index contributed by atoms with van der Waals surface area (Å²) in [7, 11) is 0. The normalized spacial score (nSPS) is 12.3. The molecule has 3 aromatic rings. The minimum absolute atomic E-state index is 0.0334. The molecule has 23 heavy (non-hydrogen) atoms. The van der Waals surface area contributed by atoms with Gasteiger partial charge in [0.2, 0.25) is 0 Å². The van der Waals surface area contributed by atoms with Crippen LogP contribution in [0, 0.1) is 11.6 Å². The Kier molecular flexibility index (Phi) is 4.36. The van der Waals surface area contributed by atoms with Crippen molar-refractivity contribution in [3.63, 3.8) is 0 Å². The predicted octanol–water partition coefficient (Wildman–Crippen LogP) is 3.61. The van der Waals surface area contributed by atoms with Crippen molar-refractivity contribution in [2.75, 3.05) is 0 Å². The molecule has 2 aromatic carbocycles. The van der Waals surface area contributed by atoms with E-state index in [9.17, 15) is 13.9 Å². The molecule has 0 radical (unpaired) electrons. The molecule has 118 valence electrons. The van der Waals surface area contributed by atoms with E-state index in [0.29, 0.717) is 16.4 Å². The van der Waals surface area contributed by atoms with Crippen LogP contribution in [0.4, 0.5) is 8.78 Å². The van der Waals surface area contributed by atoms with Crippen molar-refractivity contribution >= 4 is 11.6 Å². The topological polar surface area (TPSA) is 50.9 Å². The van der Waals surface area contributed by atoms with Crippen LogP contribution in [0.1, 0.15) is 11.7 Å². The molecule has 4 nitrogen and oxygen atoms in total. The van der Waals surface area contributed by atoms with Gasteiger partial charge in [0.05, 0.1) is 17.7 Å². The molecule has 0 aliphatic heterocycles. The van der Waals surface area contributed by atoms with Gasteiger partial charge in [-0.25, -0.2) is 18.4 Å². The second-order valence-corrected chi connectivity index (χ2v) is 5.34. The van der Waals surface area contributed by atoms with Crippen LogP contribution in [0.25, 0.3) is 11.4 Å². The summed E-state index contributed by atoms with van der Waals surface area (Å²) in [5, 5.41) is 14.8. The molecule has 0 aliphatic carbocycles. The van der Waals surface area contributed by atoms with E-state index in [2.05, 4.69) is 10.1 Å². The first-order valence-corrected chi connectivity index (χ1v) is 7.20. The van der Waals surface area contributed by atoms with Gasteiger partial charge in [-0.2, -0.15) is 5.10 Å². The lowest BCUT2D eigenvalue weighted by atomic mass is 10.1. The minimum atomic E-state index is -1.06. The molecule has 0 saturated heterocycles. The van der Waals surface area contributed by atoms with Gasteiger partial charge in [-0.3, -0.25) is 0 Å². The van der Waals surface area contributed by atoms with Crippen LogP contribution in [-0.4, -0.2) is 19.9 Å². The van der Waals surface area contributed by atoms with E-state index < -0.39 is 17.7 Å². The Bertz CT molecular complexity index is 838. The van der Waals surface area contributed by atoms with Crippen LogP contribution >= 0.6 is 11.6 Å². The maximum Gasteiger partial charge on any atom is 0.159 e. The molecule has 0 aliphatic rings. The fourth-order valence-electron chi connectivity index (χ4n) is 2.24. The van der Waals surface area contributed by atoms with Gasteiger partial charge < -0.3 is 5.11 Å². The molecular weight excluding hydrogens is 324 g/mol. The largest absolute Gasteiger partial charge is 0.386 e. The van der Waals surface area contributed by atoms with Crippen molar-refractivity contribution in [2.24, 2.45) is 0 Å². The van der Waals surface area contributed by atoms with E-state index in [1.165, 1.54) is 17.1 Å². The maximum absolute atomic E-state index is 13.3. The van der Waals surface area contributed by atoms with E-state index >= 15 is 0 Å². The SMILES string of the molecule is OC(Cn1ncnc1-c1ccccc1Cl)c1ccc(F)c(F)c1. The standard InChI is InChI=1S/C16H12ClF2N3O/c17-12-4-2-1-3-11(12)16-20-9-21-22(16)8-15(23)10-5-6-13(18)14(19)7-10/h1-7,9,15,23H,8H2. The van der Waals surface area contributed by atoms with E-state index in [4.69, 9.17) is 11.6 Å². The molecule has 0 fully saturated rings. The Morgan fingerprint density at radius 2 is 1.91 bits per heavy atom. The molecule has 1 unspecified atom stereocenters. The number of rotatable bonds is 4. The summed E-state index contributed by atoms with van der Waals surface area (Å²) in [4.78, 5) is 4.15. The number of benzene rings is 2. The number of aliphatic hydroxyl groups is 1. The van der Waals surface area contributed by atoms with Gasteiger partial charge in [0, 0.05) is 5.56 Å². The molecule has 1 heterocycles. The molecule has 1 aromatic heterocycles. The Labute approximate surface area is 136 Å². The second kappa shape index (κ2) is 6.44. The predicted molar refractivity (Wildman–Crippen MR) is 81.8 cm³/mol. The highest BCUT2D eigenvalue weighted by Gasteiger charge is 2.16. The highest BCUT2D eigenvalue weighted by atomic mass is 35.5. The van der Waals surface area contributed by atoms with Gasteiger partial charge in [-0.1, -0.05) is 29.8 Å². The van der Waals surface area contributed by atoms with Crippen LogP contribution in [0.2, 0.25) is 5.02 Å². The fourth-order valence-corrected chi connectivity index (χ4v) is 2.46. The zero-order valence-corrected chi connectivity index (χ0v) is 12.6. The third-order valence-electron chi connectivity index (χ3n) is 3.40. The van der Waals surface area contributed by atoms with E-state index in [-0.39, 0.29) is 12.1 Å². The smallest absolute Gasteiger partial charge is 0.159 e. The number of hydrogen-bond donors (Lipinski definition) is 1. The van der Waals surface area contributed by atoms with E-state index in [0.717, 1.165) is 12.1 Å². The zero-order chi connectivity index (χ0) is 16.4. The molecule has 0 spiro atoms. The lowest BCUT2D eigenvalue weighted by Gasteiger charge is -2.13. The Balaban J connectivity index is 1.88. The van der Waals surface area contributed by atoms with Crippen LogP contribution < -0.4 is 0 Å². The number of aromatic nitrogens is 3. The van der Waals surface area contributed by atoms with Crippen molar-refractivity contribution in [3.8, 4) is 11.4 Å². The molecule has 0 saturated carbocycles. The third-order valence-corrected chi connectivity index (χ3v) is 3.73. The number of hydrogen-bond acceptors (Lipinski definition) is 3. The monoisotopic (exact) mass is 335 g/mol. The van der Waals surface area contributed by atoms with Crippen molar-refractivity contribution in [3.05, 3.63) is 71.0 Å². The first-order valence-electron chi connectivity index (χ1n) is 6.82. The lowest BCUT2D eigenvalue weighted by Crippen LogP contribution is -2.12. The van der Waals surface area contributed by atoms with Gasteiger partial charge in [-0.15, -0.1) is 0 Å². The van der Waals surface area contributed by atoms with Gasteiger partial charge in [0.15, 0.2) is 17.5 Å². The van der Waals surface area contributed by atoms with Gasteiger partial charge in [0.1, 0.15) is 6.33 Å². The summed E-state index contributed by atoms with van der Waals surface area (Å²) in [6.07, 6.45) is 0.282. The van der Waals surface area contributed by atoms with Crippen LogP contribution in [0.3, 0.4) is 0 Å². The maximum atomic E-state index is 13.3. The second-order valence-electron chi connectivity index (χ2n) is 4.93. The summed E-state index contributed by atoms with van der Waals surface area (Å²) in [5.41, 5.74) is 0.925. The summed E-state index contributed by atoms with van der Waals surface area (Å²) in [5.74, 6) is -1.48.